The van der Waals surface area contributed by atoms with E-state index in [1.165, 1.54) is 30.0 Å². The maximum atomic E-state index is 11.5. The molecule has 2 rings (SSSR count). The van der Waals surface area contributed by atoms with Crippen molar-refractivity contribution < 1.29 is 14.5 Å². The molecular formula is C14H16N6O4S. The zero-order valence-corrected chi connectivity index (χ0v) is 14.3. The van der Waals surface area contributed by atoms with Gasteiger partial charge in [-0.3, -0.25) is 19.6 Å². The van der Waals surface area contributed by atoms with Crippen molar-refractivity contribution in [2.75, 3.05) is 17.7 Å². The minimum Gasteiger partial charge on any atom is -0.494 e. The van der Waals surface area contributed by atoms with Crippen LogP contribution in [-0.2, 0) is 6.54 Å². The van der Waals surface area contributed by atoms with Gasteiger partial charge in [-0.15, -0.1) is 0 Å². The molecule has 25 heavy (non-hydrogen) atoms. The zero-order valence-electron chi connectivity index (χ0n) is 13.5. The lowest BCUT2D eigenvalue weighted by molar-refractivity contribution is -0.384. The van der Waals surface area contributed by atoms with Crippen molar-refractivity contribution in [3.63, 3.8) is 0 Å². The van der Waals surface area contributed by atoms with Crippen LogP contribution in [0.2, 0.25) is 0 Å². The summed E-state index contributed by atoms with van der Waals surface area (Å²) in [6.07, 6.45) is 1.60. The van der Waals surface area contributed by atoms with Crippen LogP contribution < -0.4 is 21.1 Å². The van der Waals surface area contributed by atoms with E-state index >= 15 is 0 Å². The summed E-state index contributed by atoms with van der Waals surface area (Å²) in [5, 5.41) is 20.7. The number of nitrogens with two attached hydrogens (primary N) is 1. The number of non-ortho nitro benzene ring substituents is 1. The number of ether oxygens (including phenoxy) is 1. The Morgan fingerprint density at radius 2 is 2.12 bits per heavy atom. The quantitative estimate of drug-likeness (QED) is 0.400. The first-order chi connectivity index (χ1) is 11.8. The molecule has 0 saturated heterocycles. The highest BCUT2D eigenvalue weighted by molar-refractivity contribution is 7.80. The van der Waals surface area contributed by atoms with Crippen molar-refractivity contribution in [2.45, 2.75) is 13.5 Å². The average Bonchev–Trinajstić information content (AvgIpc) is 2.98. The molecule has 0 fully saturated rings. The molecule has 1 aromatic heterocycles. The molecule has 0 radical (unpaired) electrons. The van der Waals surface area contributed by atoms with Gasteiger partial charge in [0.15, 0.2) is 10.8 Å². The Morgan fingerprint density at radius 1 is 1.44 bits per heavy atom. The van der Waals surface area contributed by atoms with Crippen molar-refractivity contribution in [2.24, 2.45) is 5.73 Å². The number of aryl methyl sites for hydroxylation is 1. The van der Waals surface area contributed by atoms with Gasteiger partial charge in [-0.25, -0.2) is 0 Å². The summed E-state index contributed by atoms with van der Waals surface area (Å²) in [4.78, 5) is 21.7. The number of amides is 1. The van der Waals surface area contributed by atoms with E-state index in [1.807, 2.05) is 6.92 Å². The summed E-state index contributed by atoms with van der Waals surface area (Å²) in [5.74, 6) is -0.442. The van der Waals surface area contributed by atoms with Crippen molar-refractivity contribution in [1.29, 1.82) is 0 Å². The minimum absolute atomic E-state index is 0.0571. The molecule has 2 aromatic rings. The van der Waals surface area contributed by atoms with Crippen LogP contribution in [0.4, 0.5) is 17.1 Å². The van der Waals surface area contributed by atoms with Crippen molar-refractivity contribution in [3.05, 3.63) is 40.2 Å². The summed E-state index contributed by atoms with van der Waals surface area (Å²) in [6.45, 7) is 2.41. The number of carbonyl (C=O) groups excluding carboxylic acids is 1. The standard InChI is InChI=1S/C14H16N6O4S/c1-3-19-7-10(12(18-19)13(15)21)17-14(25)16-9-5-4-8(20(22)23)6-11(9)24-2/h4-7H,3H2,1-2H3,(H2,15,21)(H2,16,17,25). The number of anilines is 2. The monoisotopic (exact) mass is 364 g/mol. The number of rotatable bonds is 6. The second kappa shape index (κ2) is 7.57. The van der Waals surface area contributed by atoms with Crippen LogP contribution in [0.15, 0.2) is 24.4 Å². The number of thiocarbonyl (C=S) groups is 1. The van der Waals surface area contributed by atoms with E-state index in [2.05, 4.69) is 15.7 Å². The first kappa shape index (κ1) is 18.1. The molecule has 0 atom stereocenters. The summed E-state index contributed by atoms with van der Waals surface area (Å²) >= 11 is 5.20. The Balaban J connectivity index is 2.19. The smallest absolute Gasteiger partial charge is 0.273 e. The normalized spacial score (nSPS) is 10.2. The zero-order chi connectivity index (χ0) is 18.6. The van der Waals surface area contributed by atoms with Crippen LogP contribution in [0.5, 0.6) is 5.75 Å². The first-order valence-electron chi connectivity index (χ1n) is 7.13. The second-order valence-corrected chi connectivity index (χ2v) is 5.24. The molecule has 0 aliphatic heterocycles. The number of benzene rings is 1. The van der Waals surface area contributed by atoms with E-state index < -0.39 is 10.8 Å². The Hall–Kier alpha value is -3.21. The van der Waals surface area contributed by atoms with E-state index in [0.29, 0.717) is 17.9 Å². The summed E-state index contributed by atoms with van der Waals surface area (Å²) < 4.78 is 6.66. The molecule has 0 bridgehead atoms. The molecule has 1 heterocycles. The highest BCUT2D eigenvalue weighted by Gasteiger charge is 2.16. The predicted molar refractivity (Wildman–Crippen MR) is 95.9 cm³/mol. The maximum absolute atomic E-state index is 11.5. The summed E-state index contributed by atoms with van der Waals surface area (Å²) in [5.41, 5.74) is 6.03. The Morgan fingerprint density at radius 3 is 2.68 bits per heavy atom. The molecule has 1 amide bonds. The molecule has 4 N–H and O–H groups in total. The lowest BCUT2D eigenvalue weighted by Gasteiger charge is -2.12. The number of primary amides is 1. The fraction of sp³-hybridized carbons (Fsp3) is 0.214. The number of nitro groups is 1. The summed E-state index contributed by atoms with van der Waals surface area (Å²) in [6, 6.07) is 4.06. The van der Waals surface area contributed by atoms with Gasteiger partial charge in [-0.1, -0.05) is 0 Å². The van der Waals surface area contributed by atoms with E-state index in [4.69, 9.17) is 22.7 Å². The van der Waals surface area contributed by atoms with Crippen LogP contribution >= 0.6 is 12.2 Å². The Kier molecular flexibility index (Phi) is 5.49. The third-order valence-electron chi connectivity index (χ3n) is 3.21. The SMILES string of the molecule is CCn1cc(NC(=S)Nc2ccc([N+](=O)[O-])cc2OC)c(C(N)=O)n1. The minimum atomic E-state index is -0.689. The number of aromatic nitrogens is 2. The van der Waals surface area contributed by atoms with Crippen molar-refractivity contribution in [1.82, 2.24) is 9.78 Å². The topological polar surface area (TPSA) is 137 Å². The van der Waals surface area contributed by atoms with Crippen LogP contribution in [-0.4, -0.2) is 32.8 Å². The molecular weight excluding hydrogens is 348 g/mol. The number of nitro benzene ring substituents is 1. The molecule has 0 unspecified atom stereocenters. The number of nitrogens with zero attached hydrogens (tertiary/aromatic N) is 3. The molecule has 10 nitrogen and oxygen atoms in total. The molecule has 132 valence electrons. The largest absolute Gasteiger partial charge is 0.494 e. The van der Waals surface area contributed by atoms with Gasteiger partial charge in [-0.2, -0.15) is 5.10 Å². The van der Waals surface area contributed by atoms with E-state index in [0.717, 1.165) is 0 Å². The van der Waals surface area contributed by atoms with Gasteiger partial charge in [0.25, 0.3) is 11.6 Å². The molecule has 0 spiro atoms. The van der Waals surface area contributed by atoms with Crippen LogP contribution in [0.25, 0.3) is 0 Å². The third kappa shape index (κ3) is 4.20. The van der Waals surface area contributed by atoms with Crippen molar-refractivity contribution >= 4 is 40.3 Å². The van der Waals surface area contributed by atoms with Crippen LogP contribution in [0, 0.1) is 10.1 Å². The highest BCUT2D eigenvalue weighted by Crippen LogP contribution is 2.29. The molecule has 1 aromatic carbocycles. The second-order valence-electron chi connectivity index (χ2n) is 4.83. The summed E-state index contributed by atoms with van der Waals surface area (Å²) in [7, 11) is 1.39. The molecule has 0 aliphatic rings. The predicted octanol–water partition coefficient (Wildman–Crippen LogP) is 1.73. The van der Waals surface area contributed by atoms with Gasteiger partial charge in [0.2, 0.25) is 0 Å². The number of hydrogen-bond donors (Lipinski definition) is 3. The van der Waals surface area contributed by atoms with Crippen molar-refractivity contribution in [3.8, 4) is 5.75 Å². The maximum Gasteiger partial charge on any atom is 0.273 e. The average molecular weight is 364 g/mol. The molecule has 0 aliphatic carbocycles. The Labute approximate surface area is 148 Å². The third-order valence-corrected chi connectivity index (χ3v) is 3.42. The number of nitrogens with one attached hydrogen (secondary N) is 2. The fourth-order valence-electron chi connectivity index (χ4n) is 2.03. The Bertz CT molecular complexity index is 835. The lowest BCUT2D eigenvalue weighted by Crippen LogP contribution is -2.22. The van der Waals surface area contributed by atoms with Gasteiger partial charge >= 0.3 is 0 Å². The van der Waals surface area contributed by atoms with Gasteiger partial charge < -0.3 is 21.1 Å². The van der Waals surface area contributed by atoms with E-state index in [-0.39, 0.29) is 22.2 Å². The van der Waals surface area contributed by atoms with Gasteiger partial charge in [0.1, 0.15) is 5.75 Å². The van der Waals surface area contributed by atoms with Gasteiger partial charge in [0.05, 0.1) is 29.5 Å². The molecule has 11 heteroatoms. The fourth-order valence-corrected chi connectivity index (χ4v) is 2.25. The molecule has 0 saturated carbocycles. The number of hydrogen-bond acceptors (Lipinski definition) is 6. The first-order valence-corrected chi connectivity index (χ1v) is 7.54. The lowest BCUT2D eigenvalue weighted by atomic mass is 10.2. The number of methoxy groups -OCH3 is 1. The van der Waals surface area contributed by atoms with E-state index in [9.17, 15) is 14.9 Å². The van der Waals surface area contributed by atoms with Crippen LogP contribution in [0.3, 0.4) is 0 Å². The van der Waals surface area contributed by atoms with Gasteiger partial charge in [0, 0.05) is 18.8 Å². The van der Waals surface area contributed by atoms with Crippen LogP contribution in [0.1, 0.15) is 17.4 Å². The highest BCUT2D eigenvalue weighted by atomic mass is 32.1. The van der Waals surface area contributed by atoms with Gasteiger partial charge in [-0.05, 0) is 25.2 Å². The number of carbonyl (C=O) groups is 1. The van der Waals surface area contributed by atoms with E-state index in [1.54, 1.807) is 6.20 Å².